The van der Waals surface area contributed by atoms with Gasteiger partial charge in [-0.25, -0.2) is 0 Å². The number of nitrogens with two attached hydrogens (primary N) is 1. The van der Waals surface area contributed by atoms with Crippen LogP contribution in [0, 0.1) is 0 Å². The first-order valence-corrected chi connectivity index (χ1v) is 10.8. The van der Waals surface area contributed by atoms with Crippen molar-refractivity contribution in [2.24, 2.45) is 5.73 Å². The number of hydrogen-bond donors (Lipinski definition) is 1. The Hall–Kier alpha value is -3.60. The lowest BCUT2D eigenvalue weighted by atomic mass is 10.2. The number of furan rings is 1. The molecule has 11 heteroatoms. The van der Waals surface area contributed by atoms with Gasteiger partial charge in [0.2, 0.25) is 17.7 Å². The zero-order valence-corrected chi connectivity index (χ0v) is 18.4. The first kappa shape index (κ1) is 21.6. The van der Waals surface area contributed by atoms with Gasteiger partial charge in [-0.2, -0.15) is 0 Å². The molecule has 4 aromatic rings. The summed E-state index contributed by atoms with van der Waals surface area (Å²) in [6, 6.07) is 11.1. The molecule has 1 atom stereocenters. The number of nitrogens with zero attached hydrogens (tertiary/aromatic N) is 5. The van der Waals surface area contributed by atoms with Crippen LogP contribution in [0.3, 0.4) is 0 Å². The molecule has 0 bridgehead atoms. The van der Waals surface area contributed by atoms with Gasteiger partial charge in [0.15, 0.2) is 5.16 Å². The van der Waals surface area contributed by atoms with Gasteiger partial charge in [0.25, 0.3) is 0 Å². The number of ether oxygens (including phenoxy) is 1. The highest BCUT2D eigenvalue weighted by atomic mass is 32.2. The van der Waals surface area contributed by atoms with Crippen LogP contribution in [0.4, 0.5) is 0 Å². The Morgan fingerprint density at radius 3 is 2.69 bits per heavy atom. The highest BCUT2D eigenvalue weighted by Gasteiger charge is 2.22. The molecule has 2 N–H and O–H groups in total. The third-order valence-electron chi connectivity index (χ3n) is 4.69. The van der Waals surface area contributed by atoms with Gasteiger partial charge in [-0.15, -0.1) is 20.4 Å². The second-order valence-electron chi connectivity index (χ2n) is 6.96. The van der Waals surface area contributed by atoms with E-state index in [9.17, 15) is 4.79 Å². The van der Waals surface area contributed by atoms with Gasteiger partial charge in [-0.3, -0.25) is 9.36 Å². The number of aryl methyl sites for hydroxylation is 1. The summed E-state index contributed by atoms with van der Waals surface area (Å²) in [5, 5.41) is 17.4. The molecule has 0 saturated carbocycles. The molecule has 4 rings (SSSR count). The molecule has 0 fully saturated rings. The number of rotatable bonds is 10. The molecule has 1 amide bonds. The van der Waals surface area contributed by atoms with Crippen LogP contribution in [0.15, 0.2) is 56.7 Å². The molecule has 0 aliphatic heterocycles. The number of hydrogen-bond acceptors (Lipinski definition) is 9. The summed E-state index contributed by atoms with van der Waals surface area (Å²) >= 11 is 1.43. The van der Waals surface area contributed by atoms with Crippen LogP contribution >= 0.6 is 11.8 Å². The van der Waals surface area contributed by atoms with Crippen molar-refractivity contribution < 1.29 is 18.4 Å². The quantitative estimate of drug-likeness (QED) is 0.358. The van der Waals surface area contributed by atoms with Crippen LogP contribution in [-0.4, -0.2) is 38.0 Å². The van der Waals surface area contributed by atoms with E-state index in [0.717, 1.165) is 17.1 Å². The third-order valence-corrected chi connectivity index (χ3v) is 5.76. The Balaban J connectivity index is 1.52. The smallest absolute Gasteiger partial charge is 0.247 e. The van der Waals surface area contributed by atoms with Gasteiger partial charge in [-0.05, 0) is 43.3 Å². The van der Waals surface area contributed by atoms with Crippen LogP contribution in [0.25, 0.3) is 11.5 Å². The Labute approximate surface area is 188 Å². The Bertz CT molecular complexity index is 1170. The summed E-state index contributed by atoms with van der Waals surface area (Å²) in [6.45, 7) is 2.38. The number of primary amides is 1. The highest BCUT2D eigenvalue weighted by molar-refractivity contribution is 7.99. The zero-order chi connectivity index (χ0) is 22.5. The zero-order valence-electron chi connectivity index (χ0n) is 17.6. The lowest BCUT2D eigenvalue weighted by Crippen LogP contribution is -2.14. The molecule has 0 aliphatic carbocycles. The molecule has 0 spiro atoms. The van der Waals surface area contributed by atoms with Crippen molar-refractivity contribution in [3.8, 4) is 17.2 Å². The fraction of sp³-hybridized carbons (Fsp3) is 0.286. The van der Waals surface area contributed by atoms with E-state index in [1.54, 1.807) is 13.4 Å². The largest absolute Gasteiger partial charge is 0.497 e. The molecule has 10 nitrogen and oxygen atoms in total. The predicted molar refractivity (Wildman–Crippen MR) is 116 cm³/mol. The van der Waals surface area contributed by atoms with Crippen molar-refractivity contribution >= 4 is 17.7 Å². The van der Waals surface area contributed by atoms with E-state index in [1.807, 2.05) is 47.9 Å². The second kappa shape index (κ2) is 9.69. The van der Waals surface area contributed by atoms with E-state index in [1.165, 1.54) is 11.8 Å². The fourth-order valence-corrected chi connectivity index (χ4v) is 3.90. The molecular weight excluding hydrogens is 432 g/mol. The summed E-state index contributed by atoms with van der Waals surface area (Å²) in [7, 11) is 1.61. The van der Waals surface area contributed by atoms with Crippen molar-refractivity contribution in [1.82, 2.24) is 25.0 Å². The van der Waals surface area contributed by atoms with Gasteiger partial charge in [0.05, 0.1) is 25.2 Å². The van der Waals surface area contributed by atoms with Crippen molar-refractivity contribution in [3.63, 3.8) is 0 Å². The van der Waals surface area contributed by atoms with Gasteiger partial charge in [0.1, 0.15) is 17.3 Å². The van der Waals surface area contributed by atoms with E-state index >= 15 is 0 Å². The number of thioether (sulfide) groups is 1. The van der Waals surface area contributed by atoms with Crippen molar-refractivity contribution in [3.05, 3.63) is 60.1 Å². The van der Waals surface area contributed by atoms with E-state index in [0.29, 0.717) is 35.7 Å². The minimum atomic E-state index is -0.392. The number of methoxy groups -OCH3 is 1. The molecule has 0 radical (unpaired) electrons. The van der Waals surface area contributed by atoms with Crippen LogP contribution in [0.2, 0.25) is 0 Å². The molecule has 0 saturated heterocycles. The molecule has 1 unspecified atom stereocenters. The third kappa shape index (κ3) is 4.99. The molecule has 0 aliphatic rings. The van der Waals surface area contributed by atoms with E-state index in [-0.39, 0.29) is 11.7 Å². The Morgan fingerprint density at radius 1 is 1.19 bits per heavy atom. The summed E-state index contributed by atoms with van der Waals surface area (Å²) in [5.41, 5.74) is 6.10. The summed E-state index contributed by atoms with van der Waals surface area (Å²) < 4.78 is 18.4. The standard InChI is InChI=1S/C21H22N6O4S/c1-13(19-24-25-20(31-19)14-5-7-15(29-2)8-6-14)32-21-26-23-18(10-9-17(22)28)27(21)12-16-4-3-11-30-16/h3-8,11,13H,9-10,12H2,1-2H3,(H2,22,28). The number of amides is 1. The van der Waals surface area contributed by atoms with E-state index in [2.05, 4.69) is 20.4 Å². The van der Waals surface area contributed by atoms with Crippen molar-refractivity contribution in [1.29, 1.82) is 0 Å². The Morgan fingerprint density at radius 2 is 2.00 bits per heavy atom. The van der Waals surface area contributed by atoms with Gasteiger partial charge in [-0.1, -0.05) is 11.8 Å². The first-order valence-electron chi connectivity index (χ1n) is 9.90. The number of benzene rings is 1. The fourth-order valence-electron chi connectivity index (χ4n) is 3.00. The highest BCUT2D eigenvalue weighted by Crippen LogP contribution is 2.35. The maximum atomic E-state index is 11.2. The van der Waals surface area contributed by atoms with Gasteiger partial charge < -0.3 is 19.3 Å². The SMILES string of the molecule is COc1ccc(-c2nnc(C(C)Sc3nnc(CCC(N)=O)n3Cc3ccco3)o2)cc1. The maximum Gasteiger partial charge on any atom is 0.247 e. The van der Waals surface area contributed by atoms with Crippen molar-refractivity contribution in [2.75, 3.05) is 7.11 Å². The maximum absolute atomic E-state index is 11.2. The summed E-state index contributed by atoms with van der Waals surface area (Å²) in [5.74, 6) is 2.65. The molecular formula is C21H22N6O4S. The van der Waals surface area contributed by atoms with E-state index < -0.39 is 5.91 Å². The first-order chi connectivity index (χ1) is 15.5. The summed E-state index contributed by atoms with van der Waals surface area (Å²) in [6.07, 6.45) is 2.18. The molecule has 32 heavy (non-hydrogen) atoms. The lowest BCUT2D eigenvalue weighted by molar-refractivity contribution is -0.118. The minimum Gasteiger partial charge on any atom is -0.497 e. The lowest BCUT2D eigenvalue weighted by Gasteiger charge is -2.10. The molecule has 166 valence electrons. The van der Waals surface area contributed by atoms with Crippen LogP contribution < -0.4 is 10.5 Å². The van der Waals surface area contributed by atoms with Crippen LogP contribution in [0.5, 0.6) is 5.75 Å². The number of carbonyl (C=O) groups excluding carboxylic acids is 1. The molecule has 1 aromatic carbocycles. The molecule has 3 aromatic heterocycles. The summed E-state index contributed by atoms with van der Waals surface area (Å²) in [4.78, 5) is 11.2. The topological polar surface area (TPSA) is 135 Å². The number of aromatic nitrogens is 5. The van der Waals surface area contributed by atoms with E-state index in [4.69, 9.17) is 19.3 Å². The average Bonchev–Trinajstić information content (AvgIpc) is 3.55. The average molecular weight is 455 g/mol. The van der Waals surface area contributed by atoms with Gasteiger partial charge >= 0.3 is 0 Å². The second-order valence-corrected chi connectivity index (χ2v) is 8.27. The van der Waals surface area contributed by atoms with Gasteiger partial charge in [0, 0.05) is 18.4 Å². The molecule has 3 heterocycles. The van der Waals surface area contributed by atoms with Crippen molar-refractivity contribution in [2.45, 2.75) is 36.7 Å². The van der Waals surface area contributed by atoms with Crippen LogP contribution in [0.1, 0.15) is 36.1 Å². The normalized spacial score (nSPS) is 12.1. The van der Waals surface area contributed by atoms with Crippen LogP contribution in [-0.2, 0) is 17.8 Å². The predicted octanol–water partition coefficient (Wildman–Crippen LogP) is 3.25. The minimum absolute atomic E-state index is 0.182. The number of carbonyl (C=O) groups is 1. The monoisotopic (exact) mass is 454 g/mol. The Kier molecular flexibility index (Phi) is 6.55.